The summed E-state index contributed by atoms with van der Waals surface area (Å²) < 4.78 is 27.5. The van der Waals surface area contributed by atoms with Gasteiger partial charge in [-0.25, -0.2) is 4.39 Å². The number of rotatable bonds is 4. The molecule has 1 N–H and O–H groups in total. The van der Waals surface area contributed by atoms with E-state index in [1.165, 1.54) is 6.92 Å². The van der Waals surface area contributed by atoms with Crippen molar-refractivity contribution >= 4 is 5.91 Å². The molecule has 1 aromatic heterocycles. The maximum absolute atomic E-state index is 14.8. The highest BCUT2D eigenvalue weighted by molar-refractivity contribution is 5.73. The van der Waals surface area contributed by atoms with Gasteiger partial charge in [-0.2, -0.15) is 5.10 Å². The van der Waals surface area contributed by atoms with E-state index in [-0.39, 0.29) is 29.4 Å². The quantitative estimate of drug-likeness (QED) is 0.877. The fourth-order valence-electron chi connectivity index (χ4n) is 3.95. The fraction of sp³-hybridized carbons (Fsp3) is 0.474. The molecule has 1 amide bonds. The van der Waals surface area contributed by atoms with Crippen LogP contribution in [0.3, 0.4) is 0 Å². The molecular formula is C19H23FN4O3. The van der Waals surface area contributed by atoms with Crippen LogP contribution < -0.4 is 14.8 Å². The van der Waals surface area contributed by atoms with Crippen LogP contribution in [-0.4, -0.2) is 52.9 Å². The lowest BCUT2D eigenvalue weighted by atomic mass is 9.99. The molecule has 7 nitrogen and oxygen atoms in total. The van der Waals surface area contributed by atoms with Crippen LogP contribution in [0.2, 0.25) is 0 Å². The van der Waals surface area contributed by atoms with Crippen LogP contribution in [0, 0.1) is 5.82 Å². The maximum atomic E-state index is 14.8. The Hall–Kier alpha value is -2.61. The summed E-state index contributed by atoms with van der Waals surface area (Å²) in [6.07, 6.45) is 1.75. The molecule has 0 bridgehead atoms. The van der Waals surface area contributed by atoms with Crippen molar-refractivity contribution in [2.75, 3.05) is 26.3 Å². The number of nitrogens with one attached hydrogen (secondary N) is 1. The number of aryl methyl sites for hydroxylation is 1. The van der Waals surface area contributed by atoms with E-state index >= 15 is 0 Å². The van der Waals surface area contributed by atoms with Crippen LogP contribution in [-0.2, 0) is 18.4 Å². The molecule has 8 heteroatoms. The summed E-state index contributed by atoms with van der Waals surface area (Å²) >= 11 is 0. The Morgan fingerprint density at radius 1 is 1.30 bits per heavy atom. The standard InChI is InChI=1S/C19H23FN4O3/c1-12(25)22-15-11-24(10-14(15)16-5-6-21-23(16)2)9-13-3-4-17-19(18(13)20)27-8-7-26-17/h3-6,14-15H,7-11H2,1-2H3,(H,22,25)/t14-,15-/m1/s1. The first kappa shape index (κ1) is 17.8. The van der Waals surface area contributed by atoms with Crippen molar-refractivity contribution in [2.45, 2.75) is 25.4 Å². The van der Waals surface area contributed by atoms with Crippen LogP contribution in [0.25, 0.3) is 0 Å². The molecule has 3 heterocycles. The molecule has 2 aromatic rings. The van der Waals surface area contributed by atoms with Gasteiger partial charge in [-0.3, -0.25) is 14.4 Å². The van der Waals surface area contributed by atoms with Crippen molar-refractivity contribution in [2.24, 2.45) is 7.05 Å². The average Bonchev–Trinajstić information content (AvgIpc) is 3.23. The van der Waals surface area contributed by atoms with Crippen LogP contribution >= 0.6 is 0 Å². The van der Waals surface area contributed by atoms with Crippen LogP contribution in [0.15, 0.2) is 24.4 Å². The first-order valence-corrected chi connectivity index (χ1v) is 9.07. The highest BCUT2D eigenvalue weighted by Gasteiger charge is 2.36. The van der Waals surface area contributed by atoms with Gasteiger partial charge in [0.1, 0.15) is 13.2 Å². The summed E-state index contributed by atoms with van der Waals surface area (Å²) in [4.78, 5) is 13.8. The van der Waals surface area contributed by atoms with E-state index in [0.29, 0.717) is 44.2 Å². The lowest BCUT2D eigenvalue weighted by Gasteiger charge is -2.22. The second kappa shape index (κ2) is 7.19. The van der Waals surface area contributed by atoms with Gasteiger partial charge in [-0.05, 0) is 12.1 Å². The lowest BCUT2D eigenvalue weighted by molar-refractivity contribution is -0.119. The van der Waals surface area contributed by atoms with E-state index in [1.54, 1.807) is 18.3 Å². The number of carbonyl (C=O) groups excluding carboxylic acids is 1. The topological polar surface area (TPSA) is 68.6 Å². The first-order valence-electron chi connectivity index (χ1n) is 9.07. The zero-order valence-electron chi connectivity index (χ0n) is 15.4. The first-order chi connectivity index (χ1) is 13.0. The van der Waals surface area contributed by atoms with E-state index < -0.39 is 0 Å². The van der Waals surface area contributed by atoms with E-state index in [9.17, 15) is 9.18 Å². The minimum Gasteiger partial charge on any atom is -0.486 e. The number of carbonyl (C=O) groups is 1. The number of likely N-dealkylation sites (tertiary alicyclic amines) is 1. The summed E-state index contributed by atoms with van der Waals surface area (Å²) in [5.41, 5.74) is 1.62. The third-order valence-electron chi connectivity index (χ3n) is 5.15. The van der Waals surface area contributed by atoms with Crippen molar-refractivity contribution < 1.29 is 18.7 Å². The molecular weight excluding hydrogens is 351 g/mol. The Labute approximate surface area is 157 Å². The molecule has 0 saturated carbocycles. The monoisotopic (exact) mass is 374 g/mol. The molecule has 0 radical (unpaired) electrons. The largest absolute Gasteiger partial charge is 0.486 e. The van der Waals surface area contributed by atoms with Gasteiger partial charge in [0.15, 0.2) is 17.3 Å². The minimum absolute atomic E-state index is 0.0434. The Kier molecular flexibility index (Phi) is 4.73. The summed E-state index contributed by atoms with van der Waals surface area (Å²) in [7, 11) is 1.89. The van der Waals surface area contributed by atoms with E-state index in [4.69, 9.17) is 9.47 Å². The lowest BCUT2D eigenvalue weighted by Crippen LogP contribution is -2.38. The van der Waals surface area contributed by atoms with E-state index in [1.807, 2.05) is 17.8 Å². The normalized spacial score (nSPS) is 22.0. The number of hydrogen-bond donors (Lipinski definition) is 1. The van der Waals surface area contributed by atoms with Gasteiger partial charge < -0.3 is 14.8 Å². The van der Waals surface area contributed by atoms with Gasteiger partial charge in [0.05, 0.1) is 6.04 Å². The Morgan fingerprint density at radius 3 is 2.85 bits per heavy atom. The molecule has 2 aliphatic heterocycles. The second-order valence-electron chi connectivity index (χ2n) is 7.05. The number of ether oxygens (including phenoxy) is 2. The van der Waals surface area contributed by atoms with Crippen LogP contribution in [0.5, 0.6) is 11.5 Å². The van der Waals surface area contributed by atoms with Crippen molar-refractivity contribution in [1.29, 1.82) is 0 Å². The maximum Gasteiger partial charge on any atom is 0.217 e. The number of benzene rings is 1. The summed E-state index contributed by atoms with van der Waals surface area (Å²) in [6.45, 7) is 4.09. The highest BCUT2D eigenvalue weighted by atomic mass is 19.1. The molecule has 1 fully saturated rings. The smallest absolute Gasteiger partial charge is 0.217 e. The molecule has 2 aliphatic rings. The van der Waals surface area contributed by atoms with E-state index in [0.717, 1.165) is 5.69 Å². The van der Waals surface area contributed by atoms with Gasteiger partial charge in [-0.1, -0.05) is 6.07 Å². The predicted octanol–water partition coefficient (Wildman–Crippen LogP) is 1.43. The number of aromatic nitrogens is 2. The SMILES string of the molecule is CC(=O)N[C@@H]1CN(Cc2ccc3c(c2F)OCCO3)C[C@H]1c1ccnn1C. The van der Waals surface area contributed by atoms with Gasteiger partial charge in [-0.15, -0.1) is 0 Å². The fourth-order valence-corrected chi connectivity index (χ4v) is 3.95. The zero-order valence-corrected chi connectivity index (χ0v) is 15.4. The van der Waals surface area contributed by atoms with Gasteiger partial charge >= 0.3 is 0 Å². The van der Waals surface area contributed by atoms with Crippen LogP contribution in [0.1, 0.15) is 24.1 Å². The van der Waals surface area contributed by atoms with E-state index in [2.05, 4.69) is 15.3 Å². The number of fused-ring (bicyclic) bond motifs is 1. The highest BCUT2D eigenvalue weighted by Crippen LogP contribution is 2.36. The average molecular weight is 374 g/mol. The molecule has 0 aliphatic carbocycles. The molecule has 0 unspecified atom stereocenters. The third kappa shape index (κ3) is 3.49. The Balaban J connectivity index is 1.55. The summed E-state index contributed by atoms with van der Waals surface area (Å²) in [5.74, 6) is 0.306. The van der Waals surface area contributed by atoms with Gasteiger partial charge in [0.25, 0.3) is 0 Å². The molecule has 0 spiro atoms. The van der Waals surface area contributed by atoms with Gasteiger partial charge in [0, 0.05) is 57.0 Å². The summed E-state index contributed by atoms with van der Waals surface area (Å²) in [6, 6.07) is 5.42. The minimum atomic E-state index is -0.368. The molecule has 1 aromatic carbocycles. The van der Waals surface area contributed by atoms with Crippen molar-refractivity contribution in [3.63, 3.8) is 0 Å². The number of nitrogens with zero attached hydrogens (tertiary/aromatic N) is 3. The molecule has 4 rings (SSSR count). The second-order valence-corrected chi connectivity index (χ2v) is 7.05. The van der Waals surface area contributed by atoms with Crippen molar-refractivity contribution in [3.05, 3.63) is 41.5 Å². The van der Waals surface area contributed by atoms with Crippen molar-refractivity contribution in [1.82, 2.24) is 20.0 Å². The summed E-state index contributed by atoms with van der Waals surface area (Å²) in [5, 5.41) is 7.27. The molecule has 2 atom stereocenters. The Bertz CT molecular complexity index is 853. The van der Waals surface area contributed by atoms with Crippen LogP contribution in [0.4, 0.5) is 4.39 Å². The molecule has 27 heavy (non-hydrogen) atoms. The molecule has 144 valence electrons. The number of halogens is 1. The zero-order chi connectivity index (χ0) is 19.0. The number of amides is 1. The predicted molar refractivity (Wildman–Crippen MR) is 96.2 cm³/mol. The Morgan fingerprint density at radius 2 is 2.11 bits per heavy atom. The van der Waals surface area contributed by atoms with Gasteiger partial charge in [0.2, 0.25) is 5.91 Å². The van der Waals surface area contributed by atoms with Crippen molar-refractivity contribution in [3.8, 4) is 11.5 Å². The number of hydrogen-bond acceptors (Lipinski definition) is 5. The third-order valence-corrected chi connectivity index (χ3v) is 5.15. The molecule has 1 saturated heterocycles.